The molecule has 0 atom stereocenters. The highest BCUT2D eigenvalue weighted by atomic mass is 127. The summed E-state index contributed by atoms with van der Waals surface area (Å²) in [4.78, 5) is 26.1. The number of hydrogen-bond acceptors (Lipinski definition) is 7. The number of rotatable bonds is 3. The van der Waals surface area contributed by atoms with Crippen LogP contribution in [0.25, 0.3) is 0 Å². The lowest BCUT2D eigenvalue weighted by molar-refractivity contribution is 0.0593. The molecule has 1 amide bonds. The van der Waals surface area contributed by atoms with E-state index in [1.54, 1.807) is 0 Å². The third-order valence-corrected chi connectivity index (χ3v) is 1.81. The molecule has 0 fully saturated rings. The Morgan fingerprint density at radius 3 is 2.56 bits per heavy atom. The van der Waals surface area contributed by atoms with Gasteiger partial charge in [-0.2, -0.15) is 0 Å². The molecule has 1 aromatic rings. The second-order valence-electron chi connectivity index (χ2n) is 2.42. The Kier molecular flexibility index (Phi) is 4.22. The predicted octanol–water partition coefficient (Wildman–Crippen LogP) is -0.148. The summed E-state index contributed by atoms with van der Waals surface area (Å²) in [5, 5.41) is 10.1. The quantitative estimate of drug-likeness (QED) is 0.466. The topological polar surface area (TPSA) is 120 Å². The van der Waals surface area contributed by atoms with E-state index in [9.17, 15) is 9.59 Å². The van der Waals surface area contributed by atoms with Crippen molar-refractivity contribution in [1.82, 2.24) is 15.4 Å². The van der Waals surface area contributed by atoms with Crippen molar-refractivity contribution in [3.8, 4) is 0 Å². The first kappa shape index (κ1) is 12.4. The number of methoxy groups -OCH3 is 1. The van der Waals surface area contributed by atoms with Crippen molar-refractivity contribution in [2.45, 2.75) is 0 Å². The number of nitrogens with zero attached hydrogens (tertiary/aromatic N) is 4. The number of aliphatic imine (C=N–C) groups is 1. The van der Waals surface area contributed by atoms with E-state index in [2.05, 4.69) is 25.1 Å². The number of amides is 1. The molecule has 0 aliphatic rings. The molecule has 0 spiro atoms. The van der Waals surface area contributed by atoms with Crippen LogP contribution in [0.4, 0.5) is 5.69 Å². The SMILES string of the molecule is COC(=O)c1nnnc(C(N)=O)c1/N=C\I. The lowest BCUT2D eigenvalue weighted by atomic mass is 10.2. The number of ether oxygens (including phenoxy) is 1. The van der Waals surface area contributed by atoms with Gasteiger partial charge >= 0.3 is 5.97 Å². The van der Waals surface area contributed by atoms with Gasteiger partial charge in [0.2, 0.25) is 5.69 Å². The van der Waals surface area contributed by atoms with Gasteiger partial charge in [-0.1, -0.05) is 0 Å². The monoisotopic (exact) mass is 335 g/mol. The van der Waals surface area contributed by atoms with Gasteiger partial charge in [0.1, 0.15) is 5.69 Å². The minimum Gasteiger partial charge on any atom is -0.464 e. The van der Waals surface area contributed by atoms with Crippen molar-refractivity contribution >= 4 is 44.4 Å². The largest absolute Gasteiger partial charge is 0.464 e. The van der Waals surface area contributed by atoms with Gasteiger partial charge in [0.05, 0.1) is 11.3 Å². The highest BCUT2D eigenvalue weighted by Gasteiger charge is 2.21. The molecular weight excluding hydrogens is 329 g/mol. The van der Waals surface area contributed by atoms with E-state index >= 15 is 0 Å². The van der Waals surface area contributed by atoms with Crippen molar-refractivity contribution in [1.29, 1.82) is 0 Å². The average molecular weight is 335 g/mol. The number of hydrogen-bond donors (Lipinski definition) is 1. The Bertz CT molecular complexity index is 461. The van der Waals surface area contributed by atoms with E-state index in [1.807, 2.05) is 22.6 Å². The summed E-state index contributed by atoms with van der Waals surface area (Å²) in [6, 6.07) is 0. The van der Waals surface area contributed by atoms with Crippen molar-refractivity contribution in [3.63, 3.8) is 0 Å². The van der Waals surface area contributed by atoms with Crippen LogP contribution < -0.4 is 5.73 Å². The molecule has 9 heteroatoms. The third kappa shape index (κ3) is 2.48. The normalized spacial score (nSPS) is 10.4. The summed E-state index contributed by atoms with van der Waals surface area (Å²) in [5.41, 5.74) is 4.56. The maximum Gasteiger partial charge on any atom is 0.361 e. The van der Waals surface area contributed by atoms with E-state index in [1.165, 1.54) is 11.3 Å². The number of carbonyl (C=O) groups excluding carboxylic acids is 2. The van der Waals surface area contributed by atoms with Crippen LogP contribution in [0.15, 0.2) is 4.99 Å². The highest BCUT2D eigenvalue weighted by Crippen LogP contribution is 2.20. The Labute approximate surface area is 103 Å². The molecule has 16 heavy (non-hydrogen) atoms. The Balaban J connectivity index is 3.44. The summed E-state index contributed by atoms with van der Waals surface area (Å²) in [7, 11) is 1.17. The second-order valence-corrected chi connectivity index (χ2v) is 2.97. The van der Waals surface area contributed by atoms with Crippen molar-refractivity contribution in [2.75, 3.05) is 7.11 Å². The third-order valence-electron chi connectivity index (χ3n) is 1.53. The number of nitrogens with two attached hydrogens (primary N) is 1. The standard InChI is InChI=1S/C7H6IN5O3/c1-16-7(15)5-3(10-2-8)4(6(9)14)11-13-12-5/h2H,1H3,(H2,9,14)/b10-2-. The van der Waals surface area contributed by atoms with Crippen molar-refractivity contribution < 1.29 is 14.3 Å². The molecule has 0 radical (unpaired) electrons. The lowest BCUT2D eigenvalue weighted by Crippen LogP contribution is -2.18. The fourth-order valence-electron chi connectivity index (χ4n) is 0.890. The van der Waals surface area contributed by atoms with E-state index in [0.717, 1.165) is 0 Å². The smallest absolute Gasteiger partial charge is 0.361 e. The van der Waals surface area contributed by atoms with Crippen molar-refractivity contribution in [3.05, 3.63) is 11.4 Å². The van der Waals surface area contributed by atoms with E-state index in [0.29, 0.717) is 0 Å². The van der Waals surface area contributed by atoms with Gasteiger partial charge in [0.25, 0.3) is 5.91 Å². The first-order valence-electron chi connectivity index (χ1n) is 3.86. The van der Waals surface area contributed by atoms with E-state index in [-0.39, 0.29) is 17.1 Å². The molecule has 0 saturated heterocycles. The summed E-state index contributed by atoms with van der Waals surface area (Å²) >= 11 is 1.81. The fourth-order valence-corrected chi connectivity index (χ4v) is 1.17. The van der Waals surface area contributed by atoms with Crippen LogP contribution in [0.5, 0.6) is 0 Å². The number of halogens is 1. The summed E-state index contributed by atoms with van der Waals surface area (Å²) < 4.78 is 5.80. The molecular formula is C7H6IN5O3. The zero-order valence-electron chi connectivity index (χ0n) is 8.05. The molecule has 0 aliphatic carbocycles. The van der Waals surface area contributed by atoms with E-state index < -0.39 is 11.9 Å². The summed E-state index contributed by atoms with van der Waals surface area (Å²) in [6.07, 6.45) is 0. The molecule has 84 valence electrons. The molecule has 0 unspecified atom stereocenters. The lowest BCUT2D eigenvalue weighted by Gasteiger charge is -2.03. The first-order chi connectivity index (χ1) is 7.61. The first-order valence-corrected chi connectivity index (χ1v) is 5.10. The van der Waals surface area contributed by atoms with Crippen LogP contribution in [0.2, 0.25) is 0 Å². The molecule has 0 saturated carbocycles. The Morgan fingerprint density at radius 1 is 1.44 bits per heavy atom. The van der Waals surface area contributed by atoms with Gasteiger partial charge in [-0.25, -0.2) is 9.79 Å². The van der Waals surface area contributed by atoms with Crippen molar-refractivity contribution in [2.24, 2.45) is 10.7 Å². The van der Waals surface area contributed by atoms with Crippen LogP contribution in [-0.2, 0) is 4.74 Å². The van der Waals surface area contributed by atoms with Crippen LogP contribution >= 0.6 is 22.6 Å². The van der Waals surface area contributed by atoms with Gasteiger partial charge in [-0.15, -0.1) is 10.2 Å². The molecule has 0 bridgehead atoms. The van der Waals surface area contributed by atoms with Crippen LogP contribution in [0.3, 0.4) is 0 Å². The van der Waals surface area contributed by atoms with Crippen LogP contribution in [0, 0.1) is 0 Å². The fraction of sp³-hybridized carbons (Fsp3) is 0.143. The minimum atomic E-state index is -0.850. The maximum atomic E-state index is 11.3. The molecule has 1 aromatic heterocycles. The zero-order chi connectivity index (χ0) is 12.1. The minimum absolute atomic E-state index is 0.0521. The molecule has 8 nitrogen and oxygen atoms in total. The molecule has 2 N–H and O–H groups in total. The predicted molar refractivity (Wildman–Crippen MR) is 61.9 cm³/mol. The van der Waals surface area contributed by atoms with Gasteiger partial charge in [-0.3, -0.25) is 4.79 Å². The summed E-state index contributed by atoms with van der Waals surface area (Å²) in [5.74, 6) is -1.62. The van der Waals surface area contributed by atoms with E-state index in [4.69, 9.17) is 5.73 Å². The molecule has 1 rings (SSSR count). The van der Waals surface area contributed by atoms with Crippen LogP contribution in [-0.4, -0.2) is 38.6 Å². The van der Waals surface area contributed by atoms with Crippen LogP contribution in [0.1, 0.15) is 21.0 Å². The number of primary amides is 1. The van der Waals surface area contributed by atoms with Gasteiger partial charge < -0.3 is 10.5 Å². The Hall–Kier alpha value is -1.65. The van der Waals surface area contributed by atoms with Gasteiger partial charge in [-0.05, 0) is 27.8 Å². The van der Waals surface area contributed by atoms with Gasteiger partial charge in [0, 0.05) is 0 Å². The summed E-state index contributed by atoms with van der Waals surface area (Å²) in [6.45, 7) is 0. The number of esters is 1. The molecule has 0 aromatic carbocycles. The molecule has 1 heterocycles. The maximum absolute atomic E-state index is 11.3. The number of carbonyl (C=O) groups is 2. The van der Waals surface area contributed by atoms with Gasteiger partial charge in [0.15, 0.2) is 5.69 Å². The Morgan fingerprint density at radius 2 is 2.06 bits per heavy atom. The highest BCUT2D eigenvalue weighted by molar-refractivity contribution is 14.1. The second kappa shape index (κ2) is 5.44. The number of aromatic nitrogens is 3. The average Bonchev–Trinajstić information content (AvgIpc) is 2.28. The molecule has 0 aliphatic heterocycles. The zero-order valence-corrected chi connectivity index (χ0v) is 10.2.